The third kappa shape index (κ3) is 2.28. The summed E-state index contributed by atoms with van der Waals surface area (Å²) >= 11 is 0. The third-order valence-corrected chi connectivity index (χ3v) is 3.32. The van der Waals surface area contributed by atoms with Crippen LogP contribution >= 0.6 is 0 Å². The number of hydrogen-bond donors (Lipinski definition) is 1. The average molecular weight is 267 g/mol. The van der Waals surface area contributed by atoms with Crippen molar-refractivity contribution in [2.45, 2.75) is 19.9 Å². The van der Waals surface area contributed by atoms with Crippen molar-refractivity contribution in [2.24, 2.45) is 0 Å². The van der Waals surface area contributed by atoms with E-state index in [2.05, 4.69) is 34.5 Å². The molecule has 0 radical (unpaired) electrons. The molecule has 2 aromatic heterocycles. The van der Waals surface area contributed by atoms with E-state index in [0.717, 1.165) is 29.0 Å². The van der Waals surface area contributed by atoms with Gasteiger partial charge in [0, 0.05) is 6.04 Å². The number of fused-ring (bicyclic) bond motifs is 1. The second kappa shape index (κ2) is 5.38. The van der Waals surface area contributed by atoms with E-state index >= 15 is 0 Å². The first-order valence-corrected chi connectivity index (χ1v) is 6.79. The lowest BCUT2D eigenvalue weighted by Crippen LogP contribution is -2.18. The van der Waals surface area contributed by atoms with E-state index in [0.29, 0.717) is 0 Å². The topological polar surface area (TPSA) is 55.6 Å². The van der Waals surface area contributed by atoms with Crippen LogP contribution in [0.4, 0.5) is 0 Å². The number of para-hydroxylation sites is 1. The molecule has 0 aliphatic rings. The maximum Gasteiger partial charge on any atom is 0.113 e. The number of rotatable bonds is 4. The molecule has 3 aromatic rings. The van der Waals surface area contributed by atoms with Crippen LogP contribution in [0, 0.1) is 0 Å². The van der Waals surface area contributed by atoms with Gasteiger partial charge in [0.2, 0.25) is 0 Å². The van der Waals surface area contributed by atoms with Crippen molar-refractivity contribution in [3.05, 3.63) is 48.3 Å². The van der Waals surface area contributed by atoms with Crippen molar-refractivity contribution in [2.75, 3.05) is 6.54 Å². The Kier molecular flexibility index (Phi) is 3.43. The molecular weight excluding hydrogens is 250 g/mol. The van der Waals surface area contributed by atoms with Gasteiger partial charge in [0.05, 0.1) is 23.1 Å². The Labute approximate surface area is 117 Å². The molecule has 0 spiro atoms. The van der Waals surface area contributed by atoms with Crippen molar-refractivity contribution in [1.29, 1.82) is 0 Å². The molecule has 0 aliphatic carbocycles. The normalized spacial score (nSPS) is 12.7. The summed E-state index contributed by atoms with van der Waals surface area (Å²) in [5.74, 6) is 0. The average Bonchev–Trinajstić information content (AvgIpc) is 2.92. The van der Waals surface area contributed by atoms with Crippen LogP contribution in [-0.4, -0.2) is 26.5 Å². The molecular formula is C15H17N5. The molecule has 0 saturated heterocycles. The van der Waals surface area contributed by atoms with Gasteiger partial charge in [0.1, 0.15) is 5.52 Å². The molecule has 5 heteroatoms. The van der Waals surface area contributed by atoms with E-state index < -0.39 is 0 Å². The van der Waals surface area contributed by atoms with Crippen molar-refractivity contribution in [3.8, 4) is 5.69 Å². The Bertz CT molecular complexity index is 702. The van der Waals surface area contributed by atoms with Crippen LogP contribution in [0.2, 0.25) is 0 Å². The minimum atomic E-state index is 0.251. The minimum absolute atomic E-state index is 0.251. The van der Waals surface area contributed by atoms with Gasteiger partial charge in [-0.15, -0.1) is 5.10 Å². The van der Waals surface area contributed by atoms with Crippen molar-refractivity contribution >= 4 is 11.0 Å². The molecule has 1 N–H and O–H groups in total. The van der Waals surface area contributed by atoms with Crippen LogP contribution in [0.5, 0.6) is 0 Å². The highest BCUT2D eigenvalue weighted by Crippen LogP contribution is 2.16. The number of hydrogen-bond acceptors (Lipinski definition) is 4. The van der Waals surface area contributed by atoms with E-state index in [1.165, 1.54) is 0 Å². The second-order valence-electron chi connectivity index (χ2n) is 4.71. The summed E-state index contributed by atoms with van der Waals surface area (Å²) in [4.78, 5) is 4.51. The standard InChI is InChI=1S/C15H17N5/c1-3-16-11(2)13-9-8-12(10-17-13)20-15-7-5-4-6-14(15)18-19-20/h4-11,16H,3H2,1-2H3. The fourth-order valence-electron chi connectivity index (χ4n) is 2.25. The third-order valence-electron chi connectivity index (χ3n) is 3.32. The lowest BCUT2D eigenvalue weighted by atomic mass is 10.2. The van der Waals surface area contributed by atoms with Crippen LogP contribution in [-0.2, 0) is 0 Å². The summed E-state index contributed by atoms with van der Waals surface area (Å²) in [6, 6.07) is 12.2. The van der Waals surface area contributed by atoms with Crippen LogP contribution < -0.4 is 5.32 Å². The molecule has 0 aliphatic heterocycles. The van der Waals surface area contributed by atoms with Gasteiger partial charge in [0.15, 0.2) is 0 Å². The largest absolute Gasteiger partial charge is 0.309 e. The van der Waals surface area contributed by atoms with Gasteiger partial charge in [-0.2, -0.15) is 0 Å². The van der Waals surface area contributed by atoms with E-state index in [1.54, 1.807) is 0 Å². The van der Waals surface area contributed by atoms with Crippen molar-refractivity contribution in [1.82, 2.24) is 25.3 Å². The molecule has 0 bridgehead atoms. The van der Waals surface area contributed by atoms with Crippen LogP contribution in [0.3, 0.4) is 0 Å². The van der Waals surface area contributed by atoms with Crippen LogP contribution in [0.25, 0.3) is 16.7 Å². The first kappa shape index (κ1) is 12.7. The quantitative estimate of drug-likeness (QED) is 0.789. The van der Waals surface area contributed by atoms with Gasteiger partial charge < -0.3 is 5.32 Å². The summed E-state index contributed by atoms with van der Waals surface area (Å²) in [6.07, 6.45) is 1.84. The molecule has 1 aromatic carbocycles. The number of aromatic nitrogens is 4. The molecule has 0 amide bonds. The molecule has 20 heavy (non-hydrogen) atoms. The molecule has 1 unspecified atom stereocenters. The lowest BCUT2D eigenvalue weighted by molar-refractivity contribution is 0.583. The Morgan fingerprint density at radius 3 is 2.80 bits per heavy atom. The Morgan fingerprint density at radius 2 is 2.05 bits per heavy atom. The zero-order valence-electron chi connectivity index (χ0n) is 11.6. The van der Waals surface area contributed by atoms with Gasteiger partial charge in [-0.1, -0.05) is 24.3 Å². The fraction of sp³-hybridized carbons (Fsp3) is 0.267. The summed E-state index contributed by atoms with van der Waals surface area (Å²) < 4.78 is 1.81. The Hall–Kier alpha value is -2.27. The predicted molar refractivity (Wildman–Crippen MR) is 78.8 cm³/mol. The first-order chi connectivity index (χ1) is 9.79. The van der Waals surface area contributed by atoms with Gasteiger partial charge in [-0.25, -0.2) is 4.68 Å². The highest BCUT2D eigenvalue weighted by Gasteiger charge is 2.08. The van der Waals surface area contributed by atoms with Crippen molar-refractivity contribution < 1.29 is 0 Å². The maximum atomic E-state index is 4.51. The van der Waals surface area contributed by atoms with Crippen LogP contribution in [0.1, 0.15) is 25.6 Å². The fourth-order valence-corrected chi connectivity index (χ4v) is 2.25. The maximum absolute atomic E-state index is 4.51. The molecule has 0 saturated carbocycles. The number of nitrogens with zero attached hydrogens (tertiary/aromatic N) is 4. The number of nitrogens with one attached hydrogen (secondary N) is 1. The highest BCUT2D eigenvalue weighted by molar-refractivity contribution is 5.75. The van der Waals surface area contributed by atoms with Gasteiger partial charge in [0.25, 0.3) is 0 Å². The second-order valence-corrected chi connectivity index (χ2v) is 4.71. The van der Waals surface area contributed by atoms with E-state index in [4.69, 9.17) is 0 Å². The summed E-state index contributed by atoms with van der Waals surface area (Å²) in [7, 11) is 0. The minimum Gasteiger partial charge on any atom is -0.309 e. The zero-order chi connectivity index (χ0) is 13.9. The Morgan fingerprint density at radius 1 is 1.20 bits per heavy atom. The highest BCUT2D eigenvalue weighted by atomic mass is 15.4. The van der Waals surface area contributed by atoms with Gasteiger partial charge in [-0.3, -0.25) is 4.98 Å². The molecule has 2 heterocycles. The SMILES string of the molecule is CCNC(C)c1ccc(-n2nnc3ccccc32)cn1. The molecule has 5 nitrogen and oxygen atoms in total. The van der Waals surface area contributed by atoms with Crippen molar-refractivity contribution in [3.63, 3.8) is 0 Å². The Balaban J connectivity index is 1.95. The summed E-state index contributed by atoms with van der Waals surface area (Å²) in [6.45, 7) is 5.13. The molecule has 3 rings (SSSR count). The zero-order valence-corrected chi connectivity index (χ0v) is 11.6. The van der Waals surface area contributed by atoms with E-state index in [-0.39, 0.29) is 6.04 Å². The first-order valence-electron chi connectivity index (χ1n) is 6.79. The smallest absolute Gasteiger partial charge is 0.113 e. The molecule has 0 fully saturated rings. The summed E-state index contributed by atoms with van der Waals surface area (Å²) in [5.41, 5.74) is 3.82. The monoisotopic (exact) mass is 267 g/mol. The van der Waals surface area contributed by atoms with E-state index in [9.17, 15) is 0 Å². The van der Waals surface area contributed by atoms with E-state index in [1.807, 2.05) is 47.3 Å². The number of benzene rings is 1. The lowest BCUT2D eigenvalue weighted by Gasteiger charge is -2.12. The summed E-state index contributed by atoms with van der Waals surface area (Å²) in [5, 5.41) is 11.7. The predicted octanol–water partition coefficient (Wildman–Crippen LogP) is 2.49. The molecule has 1 atom stereocenters. The molecule has 102 valence electrons. The van der Waals surface area contributed by atoms with Gasteiger partial charge >= 0.3 is 0 Å². The van der Waals surface area contributed by atoms with Gasteiger partial charge in [-0.05, 0) is 37.7 Å². The number of pyridine rings is 1. The van der Waals surface area contributed by atoms with Crippen LogP contribution in [0.15, 0.2) is 42.6 Å².